The van der Waals surface area contributed by atoms with Gasteiger partial charge in [0.2, 0.25) is 5.12 Å². The minimum Gasteiger partial charge on any atom is -0.286 e. The van der Waals surface area contributed by atoms with E-state index in [9.17, 15) is 14.4 Å². The molecular weight excluding hydrogens is 973 g/mol. The van der Waals surface area contributed by atoms with Crippen molar-refractivity contribution < 1.29 is 14.4 Å². The Kier molecular flexibility index (Phi) is 7.45. The van der Waals surface area contributed by atoms with Gasteiger partial charge in [-0.3, -0.25) is 14.4 Å². The molecule has 9 aliphatic rings. The number of hydrogen-bond donors (Lipinski definition) is 0. The van der Waals surface area contributed by atoms with Crippen LogP contribution in [0.2, 0.25) is 0 Å². The van der Waals surface area contributed by atoms with E-state index in [0.717, 1.165) is 27.8 Å². The van der Waals surface area contributed by atoms with Crippen molar-refractivity contribution in [1.82, 2.24) is 0 Å². The van der Waals surface area contributed by atoms with Crippen LogP contribution in [0, 0.1) is 0 Å². The van der Waals surface area contributed by atoms with Crippen molar-refractivity contribution in [2.75, 3.05) is 0 Å². The molecule has 3 nitrogen and oxygen atoms in total. The van der Waals surface area contributed by atoms with E-state index < -0.39 is 0 Å². The van der Waals surface area contributed by atoms with Gasteiger partial charge in [0, 0.05) is 11.8 Å². The molecule has 0 saturated carbocycles. The van der Waals surface area contributed by atoms with Gasteiger partial charge in [0.05, 0.1) is 32.5 Å². The molecule has 4 aliphatic heterocycles. The van der Waals surface area contributed by atoms with Crippen LogP contribution in [0.5, 0.6) is 0 Å². The van der Waals surface area contributed by atoms with Gasteiger partial charge in [0.1, 0.15) is 0 Å². The molecule has 20 rings (SSSR count). The van der Waals surface area contributed by atoms with Gasteiger partial charge in [-0.25, -0.2) is 0 Å². The second kappa shape index (κ2) is 13.7. The lowest BCUT2D eigenvalue weighted by Crippen LogP contribution is -2.52. The maximum Gasteiger partial charge on any atom is 0.201 e. The standard InChI is InChI=1S/C69H38O3S3/c70-65-59-47-18-15-42(36-9-12-38-21-33-5-1-2-6-34(33)22-44(38)24-36)29-56(47)64(73-65)48-19-16-41(28-51(48)59)35-10-13-39-27-46-25-37(11-14-40(46)26-45(39)23-35)43-17-20-50-58(30-43)69-61(50)53-31-52-54(32-55(53)63(69)67(72)75-69)62-66(71)74-68(62)57-8-4-3-7-49(57)60(52)68/h1-32,59-64H. The molecule has 6 heteroatoms. The van der Waals surface area contributed by atoms with Gasteiger partial charge in [-0.15, -0.1) is 0 Å². The van der Waals surface area contributed by atoms with E-state index >= 15 is 0 Å². The highest BCUT2D eigenvalue weighted by Gasteiger charge is 2.75. The molecule has 2 bridgehead atoms. The van der Waals surface area contributed by atoms with Gasteiger partial charge in [0.25, 0.3) is 0 Å². The Morgan fingerprint density at radius 1 is 0.280 bits per heavy atom. The average molecular weight is 1010 g/mol. The van der Waals surface area contributed by atoms with E-state index in [4.69, 9.17) is 0 Å². The predicted molar refractivity (Wildman–Crippen MR) is 306 cm³/mol. The maximum atomic E-state index is 13.9. The SMILES string of the molecule is O=C1SC2c3cc(-c4ccc5cc6ccccc6cc5c4)ccc3C1c1cc(-c3ccc4cc5cc(-c6ccc7c(c6)C68SC(=O)C6c6cc9c(cc6C78)C6c7ccccc7C67SC(=O)C97)ccc5cc4c3)ccc12. The first-order valence-electron chi connectivity index (χ1n) is 26.1. The second-order valence-corrected chi connectivity index (χ2v) is 26.0. The van der Waals surface area contributed by atoms with Gasteiger partial charge < -0.3 is 0 Å². The van der Waals surface area contributed by atoms with Crippen LogP contribution in [0.4, 0.5) is 0 Å². The van der Waals surface area contributed by atoms with Crippen LogP contribution >= 0.6 is 35.3 Å². The Labute approximate surface area is 443 Å². The van der Waals surface area contributed by atoms with Crippen molar-refractivity contribution in [1.29, 1.82) is 0 Å². The summed E-state index contributed by atoms with van der Waals surface area (Å²) in [6.07, 6.45) is 0. The smallest absolute Gasteiger partial charge is 0.201 e. The third-order valence-electron chi connectivity index (χ3n) is 19.1. The molecule has 5 aliphatic carbocycles. The minimum absolute atomic E-state index is 0.0283. The zero-order chi connectivity index (χ0) is 49.0. The van der Waals surface area contributed by atoms with Crippen molar-refractivity contribution in [3.63, 3.8) is 0 Å². The summed E-state index contributed by atoms with van der Waals surface area (Å²) in [5.41, 5.74) is 22.0. The number of carbonyl (C=O) groups is 3. The van der Waals surface area contributed by atoms with Crippen LogP contribution in [0.15, 0.2) is 194 Å². The van der Waals surface area contributed by atoms with Crippen molar-refractivity contribution in [2.45, 2.75) is 44.3 Å². The highest BCUT2D eigenvalue weighted by molar-refractivity contribution is 8.17. The van der Waals surface area contributed by atoms with Crippen molar-refractivity contribution in [3.8, 4) is 33.4 Å². The largest absolute Gasteiger partial charge is 0.286 e. The number of fused-ring (bicyclic) bond motifs is 15. The van der Waals surface area contributed by atoms with Crippen molar-refractivity contribution in [3.05, 3.63) is 261 Å². The monoisotopic (exact) mass is 1010 g/mol. The summed E-state index contributed by atoms with van der Waals surface area (Å²) >= 11 is 4.56. The van der Waals surface area contributed by atoms with Crippen LogP contribution in [-0.2, 0) is 23.9 Å². The Bertz CT molecular complexity index is 4670. The van der Waals surface area contributed by atoms with Crippen LogP contribution in [-0.4, -0.2) is 15.3 Å². The van der Waals surface area contributed by atoms with Crippen molar-refractivity contribution in [2.24, 2.45) is 0 Å². The molecule has 0 N–H and O–H groups in total. The summed E-state index contributed by atoms with van der Waals surface area (Å²) in [7, 11) is 0. The Morgan fingerprint density at radius 3 is 1.29 bits per heavy atom. The molecular formula is C69H38O3S3. The molecule has 0 aromatic heterocycles. The Morgan fingerprint density at radius 2 is 0.707 bits per heavy atom. The van der Waals surface area contributed by atoms with Gasteiger partial charge in [-0.05, 0) is 204 Å². The van der Waals surface area contributed by atoms with E-state index in [-0.39, 0.29) is 59.7 Å². The summed E-state index contributed by atoms with van der Waals surface area (Å²) in [6.45, 7) is 0. The van der Waals surface area contributed by atoms with Crippen molar-refractivity contribution >= 4 is 93.7 Å². The van der Waals surface area contributed by atoms with Gasteiger partial charge in [-0.1, -0.05) is 169 Å². The first-order valence-corrected chi connectivity index (χ1v) is 28.6. The summed E-state index contributed by atoms with van der Waals surface area (Å²) < 4.78 is -0.431. The lowest BCUT2D eigenvalue weighted by atomic mass is 9.62. The number of hydrogen-bond acceptors (Lipinski definition) is 6. The zero-order valence-electron chi connectivity index (χ0n) is 39.9. The number of carbonyl (C=O) groups excluding carboxylic acids is 3. The molecule has 8 atom stereocenters. The maximum absolute atomic E-state index is 13.9. The highest BCUT2D eigenvalue weighted by atomic mass is 32.2. The fraction of sp³-hybridized carbons (Fsp3) is 0.116. The topological polar surface area (TPSA) is 51.2 Å². The average Bonchev–Trinajstić information content (AvgIpc) is 3.78. The third kappa shape index (κ3) is 4.87. The van der Waals surface area contributed by atoms with E-state index in [2.05, 4.69) is 194 Å². The molecule has 0 amide bonds. The fourth-order valence-electron chi connectivity index (χ4n) is 15.8. The molecule has 75 heavy (non-hydrogen) atoms. The lowest BCUT2D eigenvalue weighted by molar-refractivity contribution is -0.115. The summed E-state index contributed by atoms with van der Waals surface area (Å²) in [4.78, 5) is 40.9. The van der Waals surface area contributed by atoms with E-state index in [1.54, 1.807) is 0 Å². The van der Waals surface area contributed by atoms with E-state index in [1.165, 1.54) is 151 Å². The van der Waals surface area contributed by atoms with Gasteiger partial charge in [0.15, 0.2) is 10.2 Å². The molecule has 2 fully saturated rings. The molecule has 11 aromatic rings. The van der Waals surface area contributed by atoms with Gasteiger partial charge in [-0.2, -0.15) is 0 Å². The molecule has 0 radical (unpaired) electrons. The Hall–Kier alpha value is -7.48. The Balaban J connectivity index is 0.624. The van der Waals surface area contributed by atoms with E-state index in [0.29, 0.717) is 0 Å². The fourth-order valence-corrected chi connectivity index (χ4v) is 20.2. The third-order valence-corrected chi connectivity index (χ3v) is 23.2. The second-order valence-electron chi connectivity index (χ2n) is 22.3. The first-order chi connectivity index (χ1) is 36.8. The quantitative estimate of drug-likeness (QED) is 0.164. The molecule has 11 aromatic carbocycles. The molecule has 2 spiro atoms. The predicted octanol–water partition coefficient (Wildman–Crippen LogP) is 16.5. The molecule has 350 valence electrons. The van der Waals surface area contributed by atoms with Crippen LogP contribution in [0.3, 0.4) is 0 Å². The van der Waals surface area contributed by atoms with Crippen LogP contribution in [0.1, 0.15) is 102 Å². The van der Waals surface area contributed by atoms with Crippen LogP contribution < -0.4 is 0 Å². The number of benzene rings is 11. The first kappa shape index (κ1) is 40.9. The number of thioether (sulfide) groups is 3. The minimum atomic E-state index is -0.286. The molecule has 4 heterocycles. The zero-order valence-corrected chi connectivity index (χ0v) is 42.3. The van der Waals surface area contributed by atoms with Crippen LogP contribution in [0.25, 0.3) is 76.5 Å². The van der Waals surface area contributed by atoms with Gasteiger partial charge >= 0.3 is 0 Å². The number of rotatable bonds is 3. The molecule has 8 unspecified atom stereocenters. The summed E-state index contributed by atoms with van der Waals surface area (Å²) in [5, 5.41) is 10.4. The lowest BCUT2D eigenvalue weighted by Gasteiger charge is -2.55. The highest BCUT2D eigenvalue weighted by Crippen LogP contribution is 2.82. The van der Waals surface area contributed by atoms with E-state index in [1.807, 2.05) is 0 Å². The molecule has 2 saturated heterocycles. The summed E-state index contributed by atoms with van der Waals surface area (Å²) in [6, 6.07) is 72.0. The summed E-state index contributed by atoms with van der Waals surface area (Å²) in [5.74, 6) is -0.146. The normalized spacial score (nSPS) is 25.9.